The van der Waals surface area contributed by atoms with E-state index in [2.05, 4.69) is 10.5 Å². The van der Waals surface area contributed by atoms with E-state index in [-0.39, 0.29) is 30.7 Å². The fourth-order valence-corrected chi connectivity index (χ4v) is 4.04. The summed E-state index contributed by atoms with van der Waals surface area (Å²) in [5.41, 5.74) is 3.98. The molecule has 10 heteroatoms. The fourth-order valence-electron chi connectivity index (χ4n) is 4.04. The van der Waals surface area contributed by atoms with Crippen molar-refractivity contribution in [1.29, 1.82) is 0 Å². The maximum absolute atomic E-state index is 12.6. The topological polar surface area (TPSA) is 110 Å². The number of benzene rings is 2. The van der Waals surface area contributed by atoms with Crippen LogP contribution in [0.2, 0.25) is 0 Å². The van der Waals surface area contributed by atoms with Crippen LogP contribution >= 0.6 is 0 Å². The summed E-state index contributed by atoms with van der Waals surface area (Å²) in [6.07, 6.45) is 1.63. The average molecular weight is 495 g/mol. The number of hydrazone groups is 1. The maximum Gasteiger partial charge on any atom is 0.260 e. The van der Waals surface area contributed by atoms with Crippen molar-refractivity contribution in [2.75, 3.05) is 51.0 Å². The minimum absolute atomic E-state index is 0.0885. The summed E-state index contributed by atoms with van der Waals surface area (Å²) >= 11 is 0. The lowest BCUT2D eigenvalue weighted by molar-refractivity contribution is -0.137. The van der Waals surface area contributed by atoms with Crippen LogP contribution < -0.4 is 19.8 Å². The highest BCUT2D eigenvalue weighted by Gasteiger charge is 2.35. The zero-order chi connectivity index (χ0) is 25.3. The Morgan fingerprint density at radius 1 is 1.11 bits per heavy atom. The van der Waals surface area contributed by atoms with E-state index in [0.717, 1.165) is 5.69 Å². The second-order valence-electron chi connectivity index (χ2n) is 8.40. The predicted molar refractivity (Wildman–Crippen MR) is 133 cm³/mol. The number of hydrogen-bond donors (Lipinski definition) is 1. The minimum atomic E-state index is -0.478. The SMILES string of the molecule is CCOc1cc(/C=N\NC(=O)[C@H]2CC(=O)N(c3ccccc3)C2)ccc1OCC(=O)N1CCOCC1. The van der Waals surface area contributed by atoms with Crippen molar-refractivity contribution < 1.29 is 28.6 Å². The van der Waals surface area contributed by atoms with Gasteiger partial charge in [-0.15, -0.1) is 0 Å². The molecule has 2 aliphatic heterocycles. The van der Waals surface area contributed by atoms with Gasteiger partial charge in [0, 0.05) is 31.7 Å². The van der Waals surface area contributed by atoms with Gasteiger partial charge in [-0.2, -0.15) is 5.10 Å². The summed E-state index contributed by atoms with van der Waals surface area (Å²) in [6.45, 7) is 4.66. The third-order valence-electron chi connectivity index (χ3n) is 5.93. The standard InChI is InChI=1S/C26H30N4O6/c1-2-35-23-14-19(8-9-22(23)36-18-25(32)29-10-12-34-13-11-29)16-27-28-26(33)20-15-24(31)30(17-20)21-6-4-3-5-7-21/h3-9,14,16,20H,2,10-13,15,17-18H2,1H3,(H,28,33)/b27-16-/t20-/m0/s1. The second-order valence-corrected chi connectivity index (χ2v) is 8.40. The van der Waals surface area contributed by atoms with Crippen LogP contribution in [0.1, 0.15) is 18.9 Å². The quantitative estimate of drug-likeness (QED) is 0.421. The van der Waals surface area contributed by atoms with Crippen molar-refractivity contribution in [3.63, 3.8) is 0 Å². The Kier molecular flexibility index (Phi) is 8.51. The first kappa shape index (κ1) is 25.2. The Labute approximate surface area is 209 Å². The molecule has 0 unspecified atom stereocenters. The highest BCUT2D eigenvalue weighted by Crippen LogP contribution is 2.28. The van der Waals surface area contributed by atoms with E-state index >= 15 is 0 Å². The Morgan fingerprint density at radius 2 is 1.89 bits per heavy atom. The van der Waals surface area contributed by atoms with E-state index in [4.69, 9.17) is 14.2 Å². The number of carbonyl (C=O) groups is 3. The predicted octanol–water partition coefficient (Wildman–Crippen LogP) is 1.83. The highest BCUT2D eigenvalue weighted by molar-refractivity contribution is 6.00. The van der Waals surface area contributed by atoms with Crippen LogP contribution in [0, 0.1) is 5.92 Å². The van der Waals surface area contributed by atoms with Crippen molar-refractivity contribution in [1.82, 2.24) is 10.3 Å². The van der Waals surface area contributed by atoms with Crippen molar-refractivity contribution >= 4 is 29.6 Å². The molecule has 0 bridgehead atoms. The van der Waals surface area contributed by atoms with Crippen LogP contribution in [0.25, 0.3) is 0 Å². The number of nitrogens with one attached hydrogen (secondary N) is 1. The lowest BCUT2D eigenvalue weighted by Gasteiger charge is -2.26. The molecule has 0 saturated carbocycles. The molecule has 1 N–H and O–H groups in total. The van der Waals surface area contributed by atoms with Crippen LogP contribution in [0.4, 0.5) is 5.69 Å². The van der Waals surface area contributed by atoms with E-state index in [0.29, 0.717) is 56.5 Å². The Morgan fingerprint density at radius 3 is 2.64 bits per heavy atom. The molecule has 3 amide bonds. The molecule has 2 aromatic rings. The normalized spacial score (nSPS) is 17.9. The molecule has 2 heterocycles. The molecule has 2 aliphatic rings. The summed E-state index contributed by atoms with van der Waals surface area (Å²) in [5.74, 6) is -0.0643. The van der Waals surface area contributed by atoms with Crippen LogP contribution in [0.15, 0.2) is 53.6 Å². The molecular weight excluding hydrogens is 464 g/mol. The van der Waals surface area contributed by atoms with Crippen molar-refractivity contribution in [3.8, 4) is 11.5 Å². The fraction of sp³-hybridized carbons (Fsp3) is 0.385. The molecule has 0 spiro atoms. The van der Waals surface area contributed by atoms with E-state index < -0.39 is 5.92 Å². The minimum Gasteiger partial charge on any atom is -0.490 e. The van der Waals surface area contributed by atoms with E-state index in [1.165, 1.54) is 6.21 Å². The van der Waals surface area contributed by atoms with Crippen molar-refractivity contribution in [2.24, 2.45) is 11.0 Å². The first-order valence-corrected chi connectivity index (χ1v) is 12.0. The third kappa shape index (κ3) is 6.39. The summed E-state index contributed by atoms with van der Waals surface area (Å²) in [4.78, 5) is 40.6. The van der Waals surface area contributed by atoms with Gasteiger partial charge in [-0.1, -0.05) is 18.2 Å². The Hall–Kier alpha value is -3.92. The summed E-state index contributed by atoms with van der Waals surface area (Å²) in [5, 5.41) is 4.05. The van der Waals surface area contributed by atoms with Gasteiger partial charge in [0.1, 0.15) is 0 Å². The van der Waals surface area contributed by atoms with E-state index in [1.807, 2.05) is 37.3 Å². The third-order valence-corrected chi connectivity index (χ3v) is 5.93. The molecule has 0 radical (unpaired) electrons. The van der Waals surface area contributed by atoms with Gasteiger partial charge in [0.2, 0.25) is 11.8 Å². The second kappa shape index (κ2) is 12.2. The number of carbonyl (C=O) groups excluding carboxylic acids is 3. The number of nitrogens with zero attached hydrogens (tertiary/aromatic N) is 3. The van der Waals surface area contributed by atoms with Crippen LogP contribution in [-0.2, 0) is 19.1 Å². The number of rotatable bonds is 9. The van der Waals surface area contributed by atoms with Gasteiger partial charge in [-0.05, 0) is 42.8 Å². The van der Waals surface area contributed by atoms with Gasteiger partial charge in [0.15, 0.2) is 18.1 Å². The number of para-hydroxylation sites is 1. The van der Waals surface area contributed by atoms with Gasteiger partial charge in [0.05, 0.1) is 32.0 Å². The van der Waals surface area contributed by atoms with Crippen molar-refractivity contribution in [2.45, 2.75) is 13.3 Å². The molecule has 2 fully saturated rings. The van der Waals surface area contributed by atoms with Gasteiger partial charge < -0.3 is 24.0 Å². The van der Waals surface area contributed by atoms with Gasteiger partial charge in [-0.3, -0.25) is 14.4 Å². The molecule has 2 aromatic carbocycles. The largest absolute Gasteiger partial charge is 0.490 e. The smallest absolute Gasteiger partial charge is 0.260 e. The van der Waals surface area contributed by atoms with Gasteiger partial charge in [-0.25, -0.2) is 5.43 Å². The summed E-state index contributed by atoms with van der Waals surface area (Å²) < 4.78 is 16.7. The highest BCUT2D eigenvalue weighted by atomic mass is 16.5. The first-order chi connectivity index (χ1) is 17.5. The monoisotopic (exact) mass is 494 g/mol. The zero-order valence-electron chi connectivity index (χ0n) is 20.2. The number of morpholine rings is 1. The van der Waals surface area contributed by atoms with Gasteiger partial charge >= 0.3 is 0 Å². The molecule has 10 nitrogen and oxygen atoms in total. The molecule has 0 aliphatic carbocycles. The molecule has 4 rings (SSSR count). The summed E-state index contributed by atoms with van der Waals surface area (Å²) in [6, 6.07) is 14.5. The maximum atomic E-state index is 12.6. The summed E-state index contributed by atoms with van der Waals surface area (Å²) in [7, 11) is 0. The van der Waals surface area contributed by atoms with Crippen LogP contribution in [-0.4, -0.2) is 74.9 Å². The van der Waals surface area contributed by atoms with E-state index in [9.17, 15) is 14.4 Å². The number of hydrogen-bond acceptors (Lipinski definition) is 7. The lowest BCUT2D eigenvalue weighted by atomic mass is 10.1. The van der Waals surface area contributed by atoms with Crippen LogP contribution in [0.3, 0.4) is 0 Å². The lowest BCUT2D eigenvalue weighted by Crippen LogP contribution is -2.43. The van der Waals surface area contributed by atoms with Crippen LogP contribution in [0.5, 0.6) is 11.5 Å². The van der Waals surface area contributed by atoms with E-state index in [1.54, 1.807) is 28.0 Å². The first-order valence-electron chi connectivity index (χ1n) is 12.0. The number of ether oxygens (including phenoxy) is 3. The molecule has 0 aromatic heterocycles. The number of amides is 3. The molecule has 36 heavy (non-hydrogen) atoms. The Bertz CT molecular complexity index is 1100. The molecule has 1 atom stereocenters. The average Bonchev–Trinajstić information content (AvgIpc) is 3.31. The molecule has 190 valence electrons. The van der Waals surface area contributed by atoms with Crippen molar-refractivity contribution in [3.05, 3.63) is 54.1 Å². The Balaban J connectivity index is 1.32. The molecular formula is C26H30N4O6. The number of anilines is 1. The zero-order valence-corrected chi connectivity index (χ0v) is 20.2. The van der Waals surface area contributed by atoms with Gasteiger partial charge in [0.25, 0.3) is 5.91 Å². The molecule has 2 saturated heterocycles.